The number of rotatable bonds is 5. The number of pyridine rings is 1. The van der Waals surface area contributed by atoms with Gasteiger partial charge in [-0.1, -0.05) is 37.9 Å². The van der Waals surface area contributed by atoms with Gasteiger partial charge in [0.05, 0.1) is 5.69 Å². The molecule has 0 aliphatic heterocycles. The summed E-state index contributed by atoms with van der Waals surface area (Å²) in [5.41, 5.74) is 2.15. The lowest BCUT2D eigenvalue weighted by Gasteiger charge is -2.45. The second kappa shape index (κ2) is 5.74. The lowest BCUT2D eigenvalue weighted by atomic mass is 9.66. The maximum Gasteiger partial charge on any atom is 0.151 e. The zero-order chi connectivity index (χ0) is 14.1. The van der Waals surface area contributed by atoms with Crippen molar-refractivity contribution in [3.05, 3.63) is 35.2 Å². The quantitative estimate of drug-likeness (QED) is 0.906. The SMILES string of the molecule is CCCNC1CC(c2c(Cl)nc3ccccn23)C1CC. The Bertz CT molecular complexity index is 592. The highest BCUT2D eigenvalue weighted by Crippen LogP contribution is 2.46. The van der Waals surface area contributed by atoms with Crippen LogP contribution in [0.2, 0.25) is 5.15 Å². The first-order chi connectivity index (χ1) is 9.76. The fourth-order valence-electron chi connectivity index (χ4n) is 3.47. The van der Waals surface area contributed by atoms with E-state index in [4.69, 9.17) is 11.6 Å². The van der Waals surface area contributed by atoms with Gasteiger partial charge in [-0.05, 0) is 37.4 Å². The van der Waals surface area contributed by atoms with Crippen LogP contribution in [0.5, 0.6) is 0 Å². The topological polar surface area (TPSA) is 29.3 Å². The van der Waals surface area contributed by atoms with E-state index in [0.717, 1.165) is 12.2 Å². The summed E-state index contributed by atoms with van der Waals surface area (Å²) in [5, 5.41) is 4.33. The van der Waals surface area contributed by atoms with Gasteiger partial charge < -0.3 is 9.72 Å². The van der Waals surface area contributed by atoms with Crippen LogP contribution in [0.1, 0.15) is 44.7 Å². The number of halogens is 1. The summed E-state index contributed by atoms with van der Waals surface area (Å²) in [6.45, 7) is 5.59. The minimum Gasteiger partial charge on any atom is -0.314 e. The summed E-state index contributed by atoms with van der Waals surface area (Å²) in [6, 6.07) is 6.70. The maximum absolute atomic E-state index is 6.40. The van der Waals surface area contributed by atoms with E-state index < -0.39 is 0 Å². The predicted octanol–water partition coefficient (Wildman–Crippen LogP) is 3.87. The molecule has 2 heterocycles. The molecule has 3 unspecified atom stereocenters. The van der Waals surface area contributed by atoms with Crippen molar-refractivity contribution in [1.82, 2.24) is 14.7 Å². The van der Waals surface area contributed by atoms with E-state index in [1.165, 1.54) is 25.0 Å². The standard InChI is InChI=1S/C16H22ClN3/c1-3-8-18-13-10-12(11(13)4-2)15-16(17)19-14-7-5-6-9-20(14)15/h5-7,9,11-13,18H,3-4,8,10H2,1-2H3. The Labute approximate surface area is 125 Å². The van der Waals surface area contributed by atoms with Crippen molar-refractivity contribution in [2.24, 2.45) is 5.92 Å². The van der Waals surface area contributed by atoms with E-state index in [1.807, 2.05) is 18.2 Å². The van der Waals surface area contributed by atoms with Crippen LogP contribution >= 0.6 is 11.6 Å². The maximum atomic E-state index is 6.40. The molecule has 0 radical (unpaired) electrons. The lowest BCUT2D eigenvalue weighted by Crippen LogP contribution is -2.49. The molecule has 0 aromatic carbocycles. The fraction of sp³-hybridized carbons (Fsp3) is 0.562. The average Bonchev–Trinajstić information content (AvgIpc) is 2.75. The van der Waals surface area contributed by atoms with E-state index in [1.54, 1.807) is 0 Å². The first-order valence-corrected chi connectivity index (χ1v) is 7.99. The largest absolute Gasteiger partial charge is 0.314 e. The number of nitrogens with one attached hydrogen (secondary N) is 1. The van der Waals surface area contributed by atoms with Crippen molar-refractivity contribution in [3.8, 4) is 0 Å². The van der Waals surface area contributed by atoms with Gasteiger partial charge in [-0.25, -0.2) is 4.98 Å². The molecule has 2 aromatic rings. The van der Waals surface area contributed by atoms with Crippen molar-refractivity contribution < 1.29 is 0 Å². The molecule has 0 saturated heterocycles. The third-order valence-corrected chi connectivity index (χ3v) is 4.82. The number of aromatic nitrogens is 2. The van der Waals surface area contributed by atoms with Crippen molar-refractivity contribution in [2.45, 2.75) is 45.1 Å². The molecule has 3 nitrogen and oxygen atoms in total. The number of hydrogen-bond donors (Lipinski definition) is 1. The number of fused-ring (bicyclic) bond motifs is 1. The minimum absolute atomic E-state index is 0.527. The number of imidazole rings is 1. The van der Waals surface area contributed by atoms with Crippen molar-refractivity contribution >= 4 is 17.2 Å². The minimum atomic E-state index is 0.527. The van der Waals surface area contributed by atoms with E-state index in [0.29, 0.717) is 23.0 Å². The molecule has 1 fully saturated rings. The van der Waals surface area contributed by atoms with Gasteiger partial charge in [-0.3, -0.25) is 0 Å². The molecule has 1 saturated carbocycles. The third kappa shape index (κ3) is 2.23. The van der Waals surface area contributed by atoms with Crippen LogP contribution in [0, 0.1) is 5.92 Å². The molecule has 0 amide bonds. The van der Waals surface area contributed by atoms with E-state index in [9.17, 15) is 0 Å². The number of nitrogens with zero attached hydrogens (tertiary/aromatic N) is 2. The lowest BCUT2D eigenvalue weighted by molar-refractivity contribution is 0.157. The van der Waals surface area contributed by atoms with Crippen molar-refractivity contribution in [1.29, 1.82) is 0 Å². The van der Waals surface area contributed by atoms with Gasteiger partial charge in [0.25, 0.3) is 0 Å². The normalized spacial score (nSPS) is 25.9. The van der Waals surface area contributed by atoms with Crippen molar-refractivity contribution in [2.75, 3.05) is 6.54 Å². The summed E-state index contributed by atoms with van der Waals surface area (Å²) in [4.78, 5) is 4.48. The molecule has 108 valence electrons. The van der Waals surface area contributed by atoms with Crippen LogP contribution in [-0.2, 0) is 0 Å². The monoisotopic (exact) mass is 291 g/mol. The Kier molecular flexibility index (Phi) is 3.99. The van der Waals surface area contributed by atoms with Gasteiger partial charge in [0.1, 0.15) is 5.65 Å². The summed E-state index contributed by atoms with van der Waals surface area (Å²) < 4.78 is 2.16. The Morgan fingerprint density at radius 2 is 2.25 bits per heavy atom. The predicted molar refractivity (Wildman–Crippen MR) is 83.4 cm³/mol. The molecule has 0 spiro atoms. The van der Waals surface area contributed by atoms with Gasteiger partial charge >= 0.3 is 0 Å². The molecule has 3 atom stereocenters. The highest BCUT2D eigenvalue weighted by atomic mass is 35.5. The molecule has 0 bridgehead atoms. The van der Waals surface area contributed by atoms with Crippen LogP contribution in [0.25, 0.3) is 5.65 Å². The number of hydrogen-bond acceptors (Lipinski definition) is 2. The zero-order valence-electron chi connectivity index (χ0n) is 12.1. The Morgan fingerprint density at radius 1 is 1.40 bits per heavy atom. The van der Waals surface area contributed by atoms with E-state index in [2.05, 4.69) is 34.7 Å². The summed E-state index contributed by atoms with van der Waals surface area (Å²) in [5.74, 6) is 1.19. The second-order valence-electron chi connectivity index (χ2n) is 5.69. The smallest absolute Gasteiger partial charge is 0.151 e. The van der Waals surface area contributed by atoms with Gasteiger partial charge in [0, 0.05) is 18.2 Å². The molecule has 1 N–H and O–H groups in total. The average molecular weight is 292 g/mol. The molecule has 3 rings (SSSR count). The Hall–Kier alpha value is -1.06. The molecule has 20 heavy (non-hydrogen) atoms. The zero-order valence-corrected chi connectivity index (χ0v) is 12.9. The fourth-order valence-corrected chi connectivity index (χ4v) is 3.79. The summed E-state index contributed by atoms with van der Waals surface area (Å²) in [6.07, 6.45) is 5.61. The molecular weight excluding hydrogens is 270 g/mol. The van der Waals surface area contributed by atoms with Crippen LogP contribution in [0.4, 0.5) is 0 Å². The van der Waals surface area contributed by atoms with Gasteiger partial charge in [-0.15, -0.1) is 0 Å². The van der Waals surface area contributed by atoms with Crippen LogP contribution < -0.4 is 5.32 Å². The first-order valence-electron chi connectivity index (χ1n) is 7.62. The highest BCUT2D eigenvalue weighted by molar-refractivity contribution is 6.30. The molecular formula is C16H22ClN3. The molecule has 2 aromatic heterocycles. The van der Waals surface area contributed by atoms with Crippen LogP contribution in [0.15, 0.2) is 24.4 Å². The molecule has 1 aliphatic carbocycles. The van der Waals surface area contributed by atoms with Gasteiger partial charge in [0.15, 0.2) is 5.15 Å². The summed E-state index contributed by atoms with van der Waals surface area (Å²) in [7, 11) is 0. The third-order valence-electron chi connectivity index (χ3n) is 4.54. The van der Waals surface area contributed by atoms with Crippen molar-refractivity contribution in [3.63, 3.8) is 0 Å². The van der Waals surface area contributed by atoms with Crippen LogP contribution in [0.3, 0.4) is 0 Å². The van der Waals surface area contributed by atoms with Gasteiger partial charge in [0.2, 0.25) is 0 Å². The Morgan fingerprint density at radius 3 is 3.00 bits per heavy atom. The highest BCUT2D eigenvalue weighted by Gasteiger charge is 2.42. The summed E-state index contributed by atoms with van der Waals surface area (Å²) >= 11 is 6.40. The van der Waals surface area contributed by atoms with E-state index in [-0.39, 0.29) is 0 Å². The molecule has 1 aliphatic rings. The first kappa shape index (κ1) is 13.9. The van der Waals surface area contributed by atoms with E-state index >= 15 is 0 Å². The van der Waals surface area contributed by atoms with Gasteiger partial charge in [-0.2, -0.15) is 0 Å². The van der Waals surface area contributed by atoms with Crippen LogP contribution in [-0.4, -0.2) is 22.0 Å². The Balaban J connectivity index is 1.87. The second-order valence-corrected chi connectivity index (χ2v) is 6.05. The molecule has 4 heteroatoms.